The van der Waals surface area contributed by atoms with E-state index in [1.165, 1.54) is 55.5 Å². The van der Waals surface area contributed by atoms with Crippen molar-refractivity contribution in [2.75, 3.05) is 45.4 Å². The van der Waals surface area contributed by atoms with E-state index in [4.69, 9.17) is 9.47 Å². The molecule has 0 spiro atoms. The highest BCUT2D eigenvalue weighted by Gasteiger charge is 2.45. The number of hydrogen-bond acceptors (Lipinski definition) is 3. The van der Waals surface area contributed by atoms with Crippen molar-refractivity contribution in [1.29, 1.82) is 0 Å². The normalized spacial score (nSPS) is 18.1. The van der Waals surface area contributed by atoms with Gasteiger partial charge in [0.15, 0.2) is 12.3 Å². The monoisotopic (exact) mass is 597 g/mol. The average Bonchev–Trinajstić information content (AvgIpc) is 3.40. The molecule has 2 aliphatic heterocycles. The molecule has 0 aromatic heterocycles. The molecule has 0 amide bonds. The number of hydrogen-bond donors (Lipinski definition) is 0. The summed E-state index contributed by atoms with van der Waals surface area (Å²) in [6, 6.07) is 26.4. The summed E-state index contributed by atoms with van der Waals surface area (Å²) < 4.78 is 13.4. The molecule has 4 heteroatoms. The lowest BCUT2D eigenvalue weighted by molar-refractivity contribution is -0.441. The standard InChI is InChI=1S/C41H45N2O2/c1-40(2)36(42(26-28-44-5)34-24-22-30-16-12-14-18-32(30)38(34)40)20-10-8-7-9-11-21-37-41(3,4)39-33-19-15-13-17-31(33)23-25-35(39)43(37)27-29-45-6/h7-25H,26-29H2,1-6H3/q+1. The van der Waals surface area contributed by atoms with E-state index in [1.807, 2.05) is 0 Å². The van der Waals surface area contributed by atoms with Crippen LogP contribution >= 0.6 is 0 Å². The molecule has 2 aliphatic rings. The van der Waals surface area contributed by atoms with Crippen LogP contribution in [-0.4, -0.2) is 50.8 Å². The topological polar surface area (TPSA) is 24.7 Å². The zero-order valence-electron chi connectivity index (χ0n) is 27.5. The summed E-state index contributed by atoms with van der Waals surface area (Å²) in [5, 5.41) is 5.20. The van der Waals surface area contributed by atoms with Gasteiger partial charge in [-0.15, -0.1) is 0 Å². The largest absolute Gasteiger partial charge is 0.383 e. The Morgan fingerprint density at radius 3 is 2.00 bits per heavy atom. The number of nitrogens with zero attached hydrogens (tertiary/aromatic N) is 2. The summed E-state index contributed by atoms with van der Waals surface area (Å²) in [6.45, 7) is 12.3. The van der Waals surface area contributed by atoms with Crippen molar-refractivity contribution in [1.82, 2.24) is 0 Å². The van der Waals surface area contributed by atoms with E-state index < -0.39 is 0 Å². The molecule has 0 N–H and O–H groups in total. The average molecular weight is 598 g/mol. The second-order valence-electron chi connectivity index (χ2n) is 13.0. The van der Waals surface area contributed by atoms with Gasteiger partial charge in [0.05, 0.1) is 12.0 Å². The fraction of sp³-hybridized carbons (Fsp3) is 0.293. The Labute approximate surface area is 268 Å². The Morgan fingerprint density at radius 1 is 0.667 bits per heavy atom. The number of benzene rings is 4. The fourth-order valence-corrected chi connectivity index (χ4v) is 7.40. The van der Waals surface area contributed by atoms with Gasteiger partial charge in [-0.3, -0.25) is 0 Å². The number of allylic oxidation sites excluding steroid dienone is 8. The molecule has 0 fully saturated rings. The van der Waals surface area contributed by atoms with Gasteiger partial charge in [-0.05, 0) is 59.2 Å². The highest BCUT2D eigenvalue weighted by atomic mass is 16.5. The number of fused-ring (bicyclic) bond motifs is 6. The van der Waals surface area contributed by atoms with Crippen LogP contribution in [-0.2, 0) is 20.3 Å². The fourth-order valence-electron chi connectivity index (χ4n) is 7.40. The molecule has 4 aromatic rings. The molecule has 6 rings (SSSR count). The maximum atomic E-state index is 5.50. The van der Waals surface area contributed by atoms with Gasteiger partial charge in [-0.25, -0.2) is 0 Å². The predicted molar refractivity (Wildman–Crippen MR) is 190 cm³/mol. The summed E-state index contributed by atoms with van der Waals surface area (Å²) in [5.74, 6) is 0. The van der Waals surface area contributed by atoms with Crippen LogP contribution in [0.3, 0.4) is 0 Å². The third-order valence-corrected chi connectivity index (χ3v) is 9.50. The summed E-state index contributed by atoms with van der Waals surface area (Å²) >= 11 is 0. The van der Waals surface area contributed by atoms with Crippen LogP contribution in [0.15, 0.2) is 121 Å². The minimum atomic E-state index is -0.132. The van der Waals surface area contributed by atoms with Crippen molar-refractivity contribution in [3.63, 3.8) is 0 Å². The number of methoxy groups -OCH3 is 2. The molecule has 0 saturated heterocycles. The third kappa shape index (κ3) is 5.47. The lowest BCUT2D eigenvalue weighted by Crippen LogP contribution is -2.28. The zero-order valence-corrected chi connectivity index (χ0v) is 27.5. The molecular formula is C41H45N2O2+. The third-order valence-electron chi connectivity index (χ3n) is 9.50. The van der Waals surface area contributed by atoms with E-state index in [2.05, 4.69) is 152 Å². The first-order chi connectivity index (χ1) is 21.8. The second-order valence-corrected chi connectivity index (χ2v) is 13.0. The van der Waals surface area contributed by atoms with Crippen molar-refractivity contribution in [3.05, 3.63) is 132 Å². The first kappa shape index (κ1) is 30.8. The first-order valence-electron chi connectivity index (χ1n) is 16.0. The lowest BCUT2D eigenvalue weighted by Gasteiger charge is -2.26. The molecule has 0 bridgehead atoms. The van der Waals surface area contributed by atoms with Gasteiger partial charge >= 0.3 is 0 Å². The SMILES string of the molecule is COCCN1\C(=C/C=C/C=C/C=C/C2=[N+](CCOC)c3ccc4ccccc4c3C2(C)C)C(C)(C)c2c1ccc1ccccc21. The highest BCUT2D eigenvalue weighted by molar-refractivity contribution is 6.07. The number of rotatable bonds is 10. The van der Waals surface area contributed by atoms with Gasteiger partial charge in [-0.2, -0.15) is 4.58 Å². The first-order valence-corrected chi connectivity index (χ1v) is 16.0. The zero-order chi connectivity index (χ0) is 31.6. The maximum absolute atomic E-state index is 5.50. The van der Waals surface area contributed by atoms with Crippen LogP contribution in [0.2, 0.25) is 0 Å². The van der Waals surface area contributed by atoms with Gasteiger partial charge < -0.3 is 14.4 Å². The van der Waals surface area contributed by atoms with E-state index in [9.17, 15) is 0 Å². The minimum Gasteiger partial charge on any atom is -0.383 e. The molecule has 0 radical (unpaired) electrons. The Hall–Kier alpha value is -4.25. The van der Waals surface area contributed by atoms with Gasteiger partial charge in [0.25, 0.3) is 0 Å². The Balaban J connectivity index is 1.26. The predicted octanol–water partition coefficient (Wildman–Crippen LogP) is 9.01. The van der Waals surface area contributed by atoms with Gasteiger partial charge in [0.1, 0.15) is 6.61 Å². The van der Waals surface area contributed by atoms with E-state index >= 15 is 0 Å². The number of ether oxygens (including phenoxy) is 2. The smallest absolute Gasteiger partial charge is 0.210 e. The minimum absolute atomic E-state index is 0.132. The molecule has 230 valence electrons. The molecular weight excluding hydrogens is 552 g/mol. The molecule has 4 nitrogen and oxygen atoms in total. The van der Waals surface area contributed by atoms with Crippen LogP contribution in [0, 0.1) is 0 Å². The highest BCUT2D eigenvalue weighted by Crippen LogP contribution is 2.50. The molecule has 0 aliphatic carbocycles. The van der Waals surface area contributed by atoms with Crippen molar-refractivity contribution in [3.8, 4) is 0 Å². The van der Waals surface area contributed by atoms with Crippen LogP contribution in [0.4, 0.5) is 11.4 Å². The van der Waals surface area contributed by atoms with Crippen LogP contribution in [0.1, 0.15) is 38.8 Å². The van der Waals surface area contributed by atoms with Gasteiger partial charge in [0, 0.05) is 55.3 Å². The quantitative estimate of drug-likeness (QED) is 0.135. The van der Waals surface area contributed by atoms with Crippen LogP contribution in [0.25, 0.3) is 21.5 Å². The molecule has 45 heavy (non-hydrogen) atoms. The van der Waals surface area contributed by atoms with Crippen molar-refractivity contribution < 1.29 is 14.0 Å². The molecule has 4 aromatic carbocycles. The van der Waals surface area contributed by atoms with E-state index in [1.54, 1.807) is 14.2 Å². The maximum Gasteiger partial charge on any atom is 0.210 e. The molecule has 2 heterocycles. The number of anilines is 1. The van der Waals surface area contributed by atoms with E-state index in [-0.39, 0.29) is 10.8 Å². The molecule has 0 atom stereocenters. The van der Waals surface area contributed by atoms with Gasteiger partial charge in [-0.1, -0.05) is 98.8 Å². The van der Waals surface area contributed by atoms with Crippen molar-refractivity contribution >= 4 is 38.6 Å². The summed E-state index contributed by atoms with van der Waals surface area (Å²) in [7, 11) is 3.54. The van der Waals surface area contributed by atoms with E-state index in [0.29, 0.717) is 13.2 Å². The van der Waals surface area contributed by atoms with Crippen LogP contribution in [0.5, 0.6) is 0 Å². The van der Waals surface area contributed by atoms with Crippen LogP contribution < -0.4 is 4.90 Å². The summed E-state index contributed by atoms with van der Waals surface area (Å²) in [4.78, 5) is 2.42. The summed E-state index contributed by atoms with van der Waals surface area (Å²) in [5.41, 5.74) is 7.63. The lowest BCUT2D eigenvalue weighted by atomic mass is 9.79. The van der Waals surface area contributed by atoms with Gasteiger partial charge in [0.2, 0.25) is 5.69 Å². The van der Waals surface area contributed by atoms with Crippen molar-refractivity contribution in [2.45, 2.75) is 38.5 Å². The van der Waals surface area contributed by atoms with E-state index in [0.717, 1.165) is 13.1 Å². The Bertz CT molecular complexity index is 1890. The second kappa shape index (κ2) is 12.6. The Morgan fingerprint density at radius 2 is 1.29 bits per heavy atom. The molecule has 0 unspecified atom stereocenters. The molecule has 0 saturated carbocycles. The Kier molecular flexibility index (Phi) is 8.63. The summed E-state index contributed by atoms with van der Waals surface area (Å²) in [6.07, 6.45) is 15.2. The van der Waals surface area contributed by atoms with Crippen molar-refractivity contribution in [2.24, 2.45) is 0 Å².